The van der Waals surface area contributed by atoms with Gasteiger partial charge in [0.2, 0.25) is 0 Å². The molecular weight excluding hydrogens is 501 g/mol. The molecule has 9 heteroatoms. The maximum absolute atomic E-state index is 12.5. The van der Waals surface area contributed by atoms with E-state index in [1.807, 2.05) is 4.90 Å². The molecule has 1 unspecified atom stereocenters. The van der Waals surface area contributed by atoms with Crippen molar-refractivity contribution in [1.29, 1.82) is 0 Å². The minimum Gasteiger partial charge on any atom is -0.368 e. The summed E-state index contributed by atoms with van der Waals surface area (Å²) in [5, 5.41) is 6.55. The lowest BCUT2D eigenvalue weighted by Crippen LogP contribution is -2.55. The van der Waals surface area contributed by atoms with Gasteiger partial charge in [0.15, 0.2) is 5.96 Å². The van der Waals surface area contributed by atoms with Gasteiger partial charge in [-0.3, -0.25) is 4.79 Å². The normalized spacial score (nSPS) is 20.6. The zero-order valence-electron chi connectivity index (χ0n) is 17.9. The van der Waals surface area contributed by atoms with Crippen LogP contribution in [0.3, 0.4) is 0 Å². The predicted molar refractivity (Wildman–Crippen MR) is 128 cm³/mol. The Kier molecular flexibility index (Phi) is 9.15. The summed E-state index contributed by atoms with van der Waals surface area (Å²) in [4.78, 5) is 26.2. The van der Waals surface area contributed by atoms with E-state index in [4.69, 9.17) is 14.7 Å². The molecule has 3 heterocycles. The predicted octanol–water partition coefficient (Wildman–Crippen LogP) is 2.85. The van der Waals surface area contributed by atoms with E-state index < -0.39 is 0 Å². The third kappa shape index (κ3) is 6.52. The Labute approximate surface area is 195 Å². The van der Waals surface area contributed by atoms with Gasteiger partial charge < -0.3 is 19.9 Å². The Hall–Kier alpha value is -0.940. The van der Waals surface area contributed by atoms with Gasteiger partial charge in [0.25, 0.3) is 5.91 Å². The third-order valence-corrected chi connectivity index (χ3v) is 5.95. The molecule has 2 aliphatic heterocycles. The van der Waals surface area contributed by atoms with Crippen LogP contribution < -0.4 is 5.32 Å². The number of halogens is 1. The number of thiazole rings is 1. The van der Waals surface area contributed by atoms with Gasteiger partial charge in [0.05, 0.1) is 12.2 Å². The fraction of sp³-hybridized carbons (Fsp3) is 0.750. The third-order valence-electron chi connectivity index (χ3n) is 5.12. The summed E-state index contributed by atoms with van der Waals surface area (Å²) in [7, 11) is 0. The molecule has 7 nitrogen and oxygen atoms in total. The van der Waals surface area contributed by atoms with Crippen LogP contribution in [-0.4, -0.2) is 72.1 Å². The molecule has 0 spiro atoms. The number of nitrogens with one attached hydrogen (secondary N) is 1. The number of hydrogen-bond donors (Lipinski definition) is 1. The van der Waals surface area contributed by atoms with Crippen molar-refractivity contribution in [3.63, 3.8) is 0 Å². The van der Waals surface area contributed by atoms with Crippen molar-refractivity contribution < 1.29 is 9.53 Å². The van der Waals surface area contributed by atoms with Crippen molar-refractivity contribution in [3.05, 3.63) is 16.1 Å². The molecule has 29 heavy (non-hydrogen) atoms. The molecular formula is C20H34IN5O2S. The number of carbonyl (C=O) groups excluding carboxylic acids is 1. The molecule has 2 aliphatic rings. The number of hydrogen-bond acceptors (Lipinski definition) is 5. The van der Waals surface area contributed by atoms with Crippen LogP contribution in [0.5, 0.6) is 0 Å². The van der Waals surface area contributed by atoms with Crippen LogP contribution in [0.1, 0.15) is 51.2 Å². The summed E-state index contributed by atoms with van der Waals surface area (Å²) < 4.78 is 5.55. The molecule has 1 amide bonds. The molecule has 1 aromatic heterocycles. The van der Waals surface area contributed by atoms with Gasteiger partial charge >= 0.3 is 0 Å². The Morgan fingerprint density at radius 3 is 2.55 bits per heavy atom. The lowest BCUT2D eigenvalue weighted by molar-refractivity contribution is -0.142. The average Bonchev–Trinajstić information content (AvgIpc) is 3.36. The van der Waals surface area contributed by atoms with Gasteiger partial charge in [-0.05, 0) is 19.8 Å². The second kappa shape index (κ2) is 10.9. The highest BCUT2D eigenvalue weighted by Crippen LogP contribution is 2.24. The number of aromatic nitrogens is 1. The lowest BCUT2D eigenvalue weighted by Gasteiger charge is -2.37. The van der Waals surface area contributed by atoms with Crippen LogP contribution in [0.25, 0.3) is 0 Å². The summed E-state index contributed by atoms with van der Waals surface area (Å²) in [5.74, 6) is 1.05. The Morgan fingerprint density at radius 1 is 1.31 bits per heavy atom. The first-order valence-corrected chi connectivity index (χ1v) is 11.1. The molecule has 1 N–H and O–H groups in total. The van der Waals surface area contributed by atoms with Gasteiger partial charge in [0.1, 0.15) is 11.1 Å². The van der Waals surface area contributed by atoms with Crippen LogP contribution in [-0.2, 0) is 21.5 Å². The maximum Gasteiger partial charge on any atom is 0.251 e. The smallest absolute Gasteiger partial charge is 0.251 e. The molecule has 2 fully saturated rings. The Balaban J connectivity index is 0.00000300. The zero-order chi connectivity index (χ0) is 20.1. The molecule has 0 aliphatic carbocycles. The number of amides is 1. The summed E-state index contributed by atoms with van der Waals surface area (Å²) in [6, 6.07) is 0. The zero-order valence-corrected chi connectivity index (χ0v) is 21.1. The SMILES string of the molecule is CCNC(=NCc1nc(C(C)(C)C)cs1)N1CCN(C(=O)C2CCCO2)CC1.I. The van der Waals surface area contributed by atoms with Crippen LogP contribution in [0.4, 0.5) is 0 Å². The highest BCUT2D eigenvalue weighted by atomic mass is 127. The van der Waals surface area contributed by atoms with E-state index in [1.54, 1.807) is 11.3 Å². The van der Waals surface area contributed by atoms with E-state index in [9.17, 15) is 4.79 Å². The van der Waals surface area contributed by atoms with Gasteiger partial charge in [-0.15, -0.1) is 35.3 Å². The van der Waals surface area contributed by atoms with Crippen molar-refractivity contribution >= 4 is 47.2 Å². The summed E-state index contributed by atoms with van der Waals surface area (Å²) in [6.45, 7) is 13.7. The van der Waals surface area contributed by atoms with Crippen molar-refractivity contribution in [2.75, 3.05) is 39.3 Å². The number of nitrogens with zero attached hydrogens (tertiary/aromatic N) is 4. The Bertz CT molecular complexity index is 689. The fourth-order valence-electron chi connectivity index (χ4n) is 3.41. The molecule has 0 radical (unpaired) electrons. The fourth-order valence-corrected chi connectivity index (χ4v) is 4.36. The van der Waals surface area contributed by atoms with Crippen molar-refractivity contribution in [1.82, 2.24) is 20.1 Å². The van der Waals surface area contributed by atoms with E-state index in [1.165, 1.54) is 0 Å². The molecule has 1 atom stereocenters. The largest absolute Gasteiger partial charge is 0.368 e. The van der Waals surface area contributed by atoms with E-state index in [0.717, 1.165) is 49.1 Å². The van der Waals surface area contributed by atoms with E-state index in [2.05, 4.69) is 43.3 Å². The molecule has 0 saturated carbocycles. The number of aliphatic imine (C=N–C) groups is 1. The summed E-state index contributed by atoms with van der Waals surface area (Å²) in [5.41, 5.74) is 1.18. The van der Waals surface area contributed by atoms with E-state index in [0.29, 0.717) is 26.2 Å². The lowest BCUT2D eigenvalue weighted by atomic mass is 9.93. The molecule has 3 rings (SSSR count). The average molecular weight is 535 g/mol. The second-order valence-corrected chi connectivity index (χ2v) is 9.30. The summed E-state index contributed by atoms with van der Waals surface area (Å²) >= 11 is 1.67. The van der Waals surface area contributed by atoms with Gasteiger partial charge in [-0.2, -0.15) is 0 Å². The highest BCUT2D eigenvalue weighted by Gasteiger charge is 2.31. The van der Waals surface area contributed by atoms with Crippen LogP contribution >= 0.6 is 35.3 Å². The first kappa shape index (κ1) is 24.3. The minimum absolute atomic E-state index is 0. The second-order valence-electron chi connectivity index (χ2n) is 8.36. The number of carbonyl (C=O) groups is 1. The van der Waals surface area contributed by atoms with Crippen LogP contribution in [0.2, 0.25) is 0 Å². The van der Waals surface area contributed by atoms with Crippen molar-refractivity contribution in [3.8, 4) is 0 Å². The molecule has 0 bridgehead atoms. The molecule has 1 aromatic rings. The quantitative estimate of drug-likeness (QED) is 0.365. The topological polar surface area (TPSA) is 70.1 Å². The number of ether oxygens (including phenoxy) is 1. The standard InChI is InChI=1S/C20H33N5O2S.HI/c1-5-21-19(22-13-17-23-16(14-28-17)20(2,3)4)25-10-8-24(9-11-25)18(26)15-7-6-12-27-15;/h14-15H,5-13H2,1-4H3,(H,21,22);1H. The van der Waals surface area contributed by atoms with Gasteiger partial charge in [-0.1, -0.05) is 20.8 Å². The minimum atomic E-state index is -0.227. The first-order valence-electron chi connectivity index (χ1n) is 10.3. The number of guanidine groups is 1. The highest BCUT2D eigenvalue weighted by molar-refractivity contribution is 14.0. The number of rotatable bonds is 4. The van der Waals surface area contributed by atoms with Gasteiger partial charge in [0, 0.05) is 50.1 Å². The van der Waals surface area contributed by atoms with E-state index >= 15 is 0 Å². The van der Waals surface area contributed by atoms with Crippen molar-refractivity contribution in [2.45, 2.75) is 58.6 Å². The van der Waals surface area contributed by atoms with Crippen LogP contribution in [0.15, 0.2) is 10.4 Å². The van der Waals surface area contributed by atoms with Crippen LogP contribution in [0, 0.1) is 0 Å². The van der Waals surface area contributed by atoms with Crippen molar-refractivity contribution in [2.24, 2.45) is 4.99 Å². The molecule has 0 aromatic carbocycles. The van der Waals surface area contributed by atoms with Gasteiger partial charge in [-0.25, -0.2) is 9.98 Å². The van der Waals surface area contributed by atoms with E-state index in [-0.39, 0.29) is 41.4 Å². The summed E-state index contributed by atoms with van der Waals surface area (Å²) in [6.07, 6.45) is 1.62. The monoisotopic (exact) mass is 535 g/mol. The first-order chi connectivity index (χ1) is 13.4. The Morgan fingerprint density at radius 2 is 2.00 bits per heavy atom. The molecule has 2 saturated heterocycles. The number of piperazine rings is 1. The molecule has 164 valence electrons. The maximum atomic E-state index is 12.5.